The number of carbonyl (C=O) groups is 1. The maximum atomic E-state index is 8.78. The molecule has 0 aliphatic rings. The van der Waals surface area contributed by atoms with Crippen molar-refractivity contribution < 1.29 is 9.90 Å². The van der Waals surface area contributed by atoms with Gasteiger partial charge in [0.05, 0.1) is 0 Å². The molecule has 32 valence electrons. The zero-order chi connectivity index (χ0) is 3.58. The van der Waals surface area contributed by atoms with E-state index in [4.69, 9.17) is 9.90 Å². The van der Waals surface area contributed by atoms with Crippen LogP contribution in [0.1, 0.15) is 0 Å². The van der Waals surface area contributed by atoms with Crippen LogP contribution in [0.25, 0.3) is 0 Å². The third kappa shape index (κ3) is 708. The molecule has 0 saturated carbocycles. The van der Waals surface area contributed by atoms with E-state index in [9.17, 15) is 0 Å². The fourth-order valence-electron chi connectivity index (χ4n) is 0. The molecule has 0 aliphatic heterocycles. The first-order valence-corrected chi connectivity index (χ1v) is 0.716. The van der Waals surface area contributed by atoms with Crippen molar-refractivity contribution in [3.63, 3.8) is 0 Å². The van der Waals surface area contributed by atoms with Crippen molar-refractivity contribution in [1.29, 1.82) is 0 Å². The van der Waals surface area contributed by atoms with Gasteiger partial charge in [0, 0.05) is 0 Å². The summed E-state index contributed by atoms with van der Waals surface area (Å²) >= 11 is 0. The van der Waals surface area contributed by atoms with E-state index in [2.05, 4.69) is 5.73 Å². The van der Waals surface area contributed by atoms with Gasteiger partial charge in [-0.1, -0.05) is 0 Å². The van der Waals surface area contributed by atoms with Crippen LogP contribution in [0.4, 0.5) is 4.79 Å². The topological polar surface area (TPSA) is 63.3 Å². The Kier molecular flexibility index (Phi) is 7.45. The number of primary amides is 1. The minimum absolute atomic E-state index is 0. The Bertz CT molecular complexity index is 32.6. The molecule has 3 nitrogen and oxygen atoms in total. The molecule has 3 N–H and O–H groups in total. The van der Waals surface area contributed by atoms with Gasteiger partial charge in [-0.2, -0.15) is 0 Å². The zero-order valence-corrected chi connectivity index (χ0v) is 6.32. The van der Waals surface area contributed by atoms with Gasteiger partial charge in [-0.15, -0.1) is 0 Å². The van der Waals surface area contributed by atoms with Crippen molar-refractivity contribution in [2.45, 2.75) is 0 Å². The standard InChI is InChI=1S/CH3NO2.Po.2H/c2-1(3)4;;;/h2H2,(H,3,4);;;. The van der Waals surface area contributed by atoms with Crippen molar-refractivity contribution in [2.75, 3.05) is 0 Å². The van der Waals surface area contributed by atoms with Gasteiger partial charge >= 0.3 is 32.7 Å². The van der Waals surface area contributed by atoms with Crippen molar-refractivity contribution in [3.8, 4) is 0 Å². The first kappa shape index (κ1) is 8.94. The van der Waals surface area contributed by atoms with Crippen LogP contribution in [0, 0.1) is 0 Å². The van der Waals surface area contributed by atoms with Crippen LogP contribution < -0.4 is 5.73 Å². The fourth-order valence-corrected chi connectivity index (χ4v) is 0. The molecular formula is CH5NO2Po. The van der Waals surface area contributed by atoms with Crippen LogP contribution in [0.5, 0.6) is 0 Å². The monoisotopic (exact) mass is 272 g/mol. The fraction of sp³-hybridized carbons (Fsp3) is 0. The van der Waals surface area contributed by atoms with Gasteiger partial charge in [0.25, 0.3) is 0 Å². The van der Waals surface area contributed by atoms with Gasteiger partial charge in [-0.3, -0.25) is 0 Å². The summed E-state index contributed by atoms with van der Waals surface area (Å²) in [6, 6.07) is 0. The summed E-state index contributed by atoms with van der Waals surface area (Å²) in [5.41, 5.74) is 4.03. The average Bonchev–Trinajstić information content (AvgIpc) is 0.811. The van der Waals surface area contributed by atoms with Crippen LogP contribution in [-0.4, -0.2) is 37.8 Å². The van der Waals surface area contributed by atoms with E-state index in [0.717, 1.165) is 0 Å². The molecule has 0 unspecified atom stereocenters. The van der Waals surface area contributed by atoms with E-state index in [1.165, 1.54) is 0 Å². The van der Waals surface area contributed by atoms with Gasteiger partial charge < -0.3 is 10.8 Å². The molecule has 0 radical (unpaired) electrons. The Hall–Kier alpha value is 0.166. The summed E-state index contributed by atoms with van der Waals surface area (Å²) in [4.78, 5) is 8.78. The number of amides is 1. The molecule has 0 spiro atoms. The molecular weight excluding hydrogens is 267 g/mol. The maximum absolute atomic E-state index is 8.78. The van der Waals surface area contributed by atoms with Gasteiger partial charge in [-0.05, 0) is 0 Å². The Morgan fingerprint density at radius 2 is 1.80 bits per heavy atom. The second kappa shape index (κ2) is 4.17. The van der Waals surface area contributed by atoms with Gasteiger partial charge in [0.1, 0.15) is 0 Å². The zero-order valence-electron chi connectivity index (χ0n) is 2.43. The van der Waals surface area contributed by atoms with E-state index in [0.29, 0.717) is 0 Å². The normalized spacial score (nSPS) is 4.80. The average molecular weight is 272 g/mol. The van der Waals surface area contributed by atoms with E-state index < -0.39 is 6.09 Å². The predicted molar refractivity (Wildman–Crippen MR) is 20.8 cm³/mol. The molecule has 0 aromatic rings. The predicted octanol–water partition coefficient (Wildman–Crippen LogP) is -1.29. The van der Waals surface area contributed by atoms with E-state index in [1.807, 2.05) is 0 Å². The van der Waals surface area contributed by atoms with Crippen molar-refractivity contribution >= 4 is 32.7 Å². The summed E-state index contributed by atoms with van der Waals surface area (Å²) in [7, 11) is 0. The molecule has 0 heterocycles. The summed E-state index contributed by atoms with van der Waals surface area (Å²) in [5, 5.41) is 7.19. The van der Waals surface area contributed by atoms with Crippen LogP contribution in [0.3, 0.4) is 0 Å². The van der Waals surface area contributed by atoms with Crippen LogP contribution in [0.2, 0.25) is 0 Å². The first-order chi connectivity index (χ1) is 1.73. The third-order valence-corrected chi connectivity index (χ3v) is 0. The van der Waals surface area contributed by atoms with Crippen molar-refractivity contribution in [3.05, 3.63) is 0 Å². The number of nitrogens with two attached hydrogens (primary N) is 1. The van der Waals surface area contributed by atoms with Crippen LogP contribution in [0.15, 0.2) is 0 Å². The summed E-state index contributed by atoms with van der Waals surface area (Å²) < 4.78 is 0. The van der Waals surface area contributed by atoms with Crippen LogP contribution in [-0.2, 0) is 0 Å². The second-order valence-corrected chi connectivity index (χ2v) is 0.338. The Labute approximate surface area is 48.6 Å². The number of hydrogen-bond donors (Lipinski definition) is 2. The molecule has 0 aromatic carbocycles. The number of hydrogen-bond acceptors (Lipinski definition) is 1. The SMILES string of the molecule is NC(=O)O.[PoH2]. The van der Waals surface area contributed by atoms with Crippen LogP contribution >= 0.6 is 0 Å². The Morgan fingerprint density at radius 1 is 1.80 bits per heavy atom. The summed E-state index contributed by atoms with van der Waals surface area (Å²) in [6.07, 6.45) is -1.33. The quantitative estimate of drug-likeness (QED) is 0.576. The molecule has 0 aliphatic carbocycles. The molecule has 5 heavy (non-hydrogen) atoms. The molecule has 4 heteroatoms. The van der Waals surface area contributed by atoms with Crippen molar-refractivity contribution in [1.82, 2.24) is 0 Å². The molecule has 0 bridgehead atoms. The number of rotatable bonds is 0. The summed E-state index contributed by atoms with van der Waals surface area (Å²) in [5.74, 6) is 0. The van der Waals surface area contributed by atoms with E-state index in [-0.39, 0.29) is 26.6 Å². The molecule has 0 aromatic heterocycles. The molecule has 1 amide bonds. The second-order valence-electron chi connectivity index (χ2n) is 0.338. The number of carboxylic acid groups (broad SMARTS) is 1. The minimum atomic E-state index is -1.33. The molecule has 0 atom stereocenters. The molecule has 0 saturated heterocycles. The summed E-state index contributed by atoms with van der Waals surface area (Å²) in [6.45, 7) is 0. The van der Waals surface area contributed by atoms with E-state index in [1.54, 1.807) is 0 Å². The molecule has 0 rings (SSSR count). The Morgan fingerprint density at radius 3 is 1.80 bits per heavy atom. The Balaban J connectivity index is 0. The molecule has 0 fully saturated rings. The first-order valence-electron chi connectivity index (χ1n) is 0.716. The van der Waals surface area contributed by atoms with Crippen molar-refractivity contribution in [2.24, 2.45) is 5.73 Å². The van der Waals surface area contributed by atoms with E-state index >= 15 is 0 Å². The van der Waals surface area contributed by atoms with Gasteiger partial charge in [0.15, 0.2) is 0 Å². The third-order valence-electron chi connectivity index (χ3n) is 0. The van der Waals surface area contributed by atoms with Gasteiger partial charge in [-0.25, -0.2) is 4.79 Å². The van der Waals surface area contributed by atoms with Gasteiger partial charge in [0.2, 0.25) is 0 Å².